The number of nitrogens with two attached hydrogens (primary N) is 1. The lowest BCUT2D eigenvalue weighted by Gasteiger charge is -2.13. The number of anilines is 1. The molecule has 0 radical (unpaired) electrons. The lowest BCUT2D eigenvalue weighted by molar-refractivity contribution is 0.0946. The van der Waals surface area contributed by atoms with Crippen LogP contribution < -0.4 is 16.6 Å². The van der Waals surface area contributed by atoms with Gasteiger partial charge in [-0.2, -0.15) is 0 Å². The Labute approximate surface area is 102 Å². The molecule has 0 atom stereocenters. The Balaban J connectivity index is 2.51. The smallest absolute Gasteiger partial charge is 0.252 e. The van der Waals surface area contributed by atoms with E-state index in [9.17, 15) is 4.79 Å². The average molecular weight is 236 g/mol. The van der Waals surface area contributed by atoms with E-state index >= 15 is 0 Å². The van der Waals surface area contributed by atoms with E-state index in [0.29, 0.717) is 23.8 Å². The highest BCUT2D eigenvalue weighted by Crippen LogP contribution is 2.07. The Bertz CT molecular complexity index is 346. The Hall–Kier alpha value is -1.62. The van der Waals surface area contributed by atoms with Crippen molar-refractivity contribution in [1.29, 1.82) is 0 Å². The van der Waals surface area contributed by atoms with Crippen LogP contribution in [0.4, 0.5) is 5.82 Å². The monoisotopic (exact) mass is 236 g/mol. The predicted octanol–water partition coefficient (Wildman–Crippen LogP) is 1.53. The van der Waals surface area contributed by atoms with Crippen molar-refractivity contribution in [1.82, 2.24) is 10.3 Å². The molecule has 0 aromatic carbocycles. The Morgan fingerprint density at radius 1 is 1.41 bits per heavy atom. The number of carbonyl (C=O) groups excluding carboxylic acids is 1. The van der Waals surface area contributed by atoms with Crippen molar-refractivity contribution in [3.63, 3.8) is 0 Å². The van der Waals surface area contributed by atoms with Crippen LogP contribution in [0.25, 0.3) is 0 Å². The minimum Gasteiger partial charge on any atom is -0.352 e. The quantitative estimate of drug-likeness (QED) is 0.517. The maximum Gasteiger partial charge on any atom is 0.252 e. The summed E-state index contributed by atoms with van der Waals surface area (Å²) in [7, 11) is 0. The van der Waals surface area contributed by atoms with Gasteiger partial charge < -0.3 is 10.7 Å². The number of nitrogens with zero attached hydrogens (tertiary/aromatic N) is 1. The molecule has 0 aliphatic heterocycles. The number of hydrogen-bond acceptors (Lipinski definition) is 4. The van der Waals surface area contributed by atoms with E-state index < -0.39 is 0 Å². The molecular formula is C12H20N4O. The zero-order chi connectivity index (χ0) is 12.7. The molecule has 17 heavy (non-hydrogen) atoms. The lowest BCUT2D eigenvalue weighted by Crippen LogP contribution is -2.29. The van der Waals surface area contributed by atoms with Crippen LogP contribution in [-0.4, -0.2) is 17.4 Å². The summed E-state index contributed by atoms with van der Waals surface area (Å²) >= 11 is 0. The molecule has 5 heteroatoms. The van der Waals surface area contributed by atoms with E-state index in [2.05, 4.69) is 29.6 Å². The predicted molar refractivity (Wildman–Crippen MR) is 68.5 cm³/mol. The molecule has 0 spiro atoms. The number of nitrogen functional groups attached to an aromatic ring is 1. The summed E-state index contributed by atoms with van der Waals surface area (Å²) < 4.78 is 0. The summed E-state index contributed by atoms with van der Waals surface area (Å²) in [6.07, 6.45) is 3.66. The van der Waals surface area contributed by atoms with Gasteiger partial charge in [0.25, 0.3) is 5.91 Å². The standard InChI is InChI=1S/C12H20N4O/c1-3-9(4-2)7-15-12(17)10-5-6-11(16-13)14-8-10/h5-6,8-9H,3-4,7,13H2,1-2H3,(H,14,16)(H,15,17). The van der Waals surface area contributed by atoms with Crippen LogP contribution in [0, 0.1) is 5.92 Å². The molecule has 4 N–H and O–H groups in total. The summed E-state index contributed by atoms with van der Waals surface area (Å²) in [5.41, 5.74) is 2.97. The van der Waals surface area contributed by atoms with E-state index in [1.807, 2.05) is 0 Å². The van der Waals surface area contributed by atoms with E-state index in [1.165, 1.54) is 6.20 Å². The van der Waals surface area contributed by atoms with Crippen molar-refractivity contribution >= 4 is 11.7 Å². The first kappa shape index (κ1) is 13.4. The molecule has 0 saturated heterocycles. The Morgan fingerprint density at radius 2 is 2.12 bits per heavy atom. The number of nitrogens with one attached hydrogen (secondary N) is 2. The third-order valence-corrected chi connectivity index (χ3v) is 2.88. The number of carbonyl (C=O) groups is 1. The molecule has 94 valence electrons. The molecule has 1 aromatic heterocycles. The topological polar surface area (TPSA) is 80.0 Å². The fourth-order valence-corrected chi connectivity index (χ4v) is 1.53. The first-order valence-corrected chi connectivity index (χ1v) is 5.92. The number of amides is 1. The average Bonchev–Trinajstić information content (AvgIpc) is 2.39. The molecule has 0 bridgehead atoms. The zero-order valence-electron chi connectivity index (χ0n) is 10.4. The third-order valence-electron chi connectivity index (χ3n) is 2.88. The van der Waals surface area contributed by atoms with Crippen LogP contribution in [0.1, 0.15) is 37.0 Å². The van der Waals surface area contributed by atoms with E-state index in [0.717, 1.165) is 12.8 Å². The molecule has 0 unspecified atom stereocenters. The second kappa shape index (κ2) is 6.85. The van der Waals surface area contributed by atoms with Crippen molar-refractivity contribution in [3.05, 3.63) is 23.9 Å². The van der Waals surface area contributed by atoms with Gasteiger partial charge >= 0.3 is 0 Å². The summed E-state index contributed by atoms with van der Waals surface area (Å²) in [6, 6.07) is 3.37. The SMILES string of the molecule is CCC(CC)CNC(=O)c1ccc(NN)nc1. The van der Waals surface area contributed by atoms with Gasteiger partial charge in [0, 0.05) is 12.7 Å². The van der Waals surface area contributed by atoms with Crippen LogP contribution in [-0.2, 0) is 0 Å². The fourth-order valence-electron chi connectivity index (χ4n) is 1.53. The fraction of sp³-hybridized carbons (Fsp3) is 0.500. The van der Waals surface area contributed by atoms with Crippen molar-refractivity contribution in [2.45, 2.75) is 26.7 Å². The van der Waals surface area contributed by atoms with Crippen molar-refractivity contribution in [2.75, 3.05) is 12.0 Å². The summed E-state index contributed by atoms with van der Waals surface area (Å²) in [5, 5.41) is 2.91. The largest absolute Gasteiger partial charge is 0.352 e. The van der Waals surface area contributed by atoms with Crippen molar-refractivity contribution in [2.24, 2.45) is 11.8 Å². The van der Waals surface area contributed by atoms with E-state index in [1.54, 1.807) is 12.1 Å². The number of aromatic nitrogens is 1. The van der Waals surface area contributed by atoms with Crippen LogP contribution in [0.2, 0.25) is 0 Å². The van der Waals surface area contributed by atoms with Gasteiger partial charge in [0.15, 0.2) is 0 Å². The Kier molecular flexibility index (Phi) is 5.42. The first-order valence-electron chi connectivity index (χ1n) is 5.92. The van der Waals surface area contributed by atoms with Crippen LogP contribution in [0.3, 0.4) is 0 Å². The molecule has 0 aliphatic rings. The molecule has 5 nitrogen and oxygen atoms in total. The highest BCUT2D eigenvalue weighted by molar-refractivity contribution is 5.94. The molecule has 0 fully saturated rings. The molecule has 1 rings (SSSR count). The zero-order valence-corrected chi connectivity index (χ0v) is 10.4. The number of hydrogen-bond donors (Lipinski definition) is 3. The Morgan fingerprint density at radius 3 is 2.59 bits per heavy atom. The second-order valence-electron chi connectivity index (χ2n) is 3.97. The highest BCUT2D eigenvalue weighted by atomic mass is 16.1. The van der Waals surface area contributed by atoms with E-state index in [-0.39, 0.29) is 5.91 Å². The van der Waals surface area contributed by atoms with Gasteiger partial charge in [-0.3, -0.25) is 4.79 Å². The van der Waals surface area contributed by atoms with Gasteiger partial charge in [0.1, 0.15) is 5.82 Å². The summed E-state index contributed by atoms with van der Waals surface area (Å²) in [6.45, 7) is 4.97. The minimum absolute atomic E-state index is 0.0898. The second-order valence-corrected chi connectivity index (χ2v) is 3.97. The maximum atomic E-state index is 11.8. The van der Waals surface area contributed by atoms with Gasteiger partial charge in [0.2, 0.25) is 0 Å². The molecule has 1 heterocycles. The molecule has 0 saturated carbocycles. The van der Waals surface area contributed by atoms with Gasteiger partial charge in [-0.05, 0) is 18.1 Å². The van der Waals surface area contributed by atoms with Crippen molar-refractivity contribution < 1.29 is 4.79 Å². The van der Waals surface area contributed by atoms with Gasteiger partial charge in [-0.15, -0.1) is 0 Å². The van der Waals surface area contributed by atoms with Crippen LogP contribution in [0.5, 0.6) is 0 Å². The summed E-state index contributed by atoms with van der Waals surface area (Å²) in [5.74, 6) is 6.19. The van der Waals surface area contributed by atoms with Crippen LogP contribution >= 0.6 is 0 Å². The number of hydrazine groups is 1. The van der Waals surface area contributed by atoms with Crippen LogP contribution in [0.15, 0.2) is 18.3 Å². The third kappa shape index (κ3) is 4.03. The summed E-state index contributed by atoms with van der Waals surface area (Å²) in [4.78, 5) is 15.8. The molecule has 1 aromatic rings. The lowest BCUT2D eigenvalue weighted by atomic mass is 10.0. The van der Waals surface area contributed by atoms with Gasteiger partial charge in [0.05, 0.1) is 5.56 Å². The molecular weight excluding hydrogens is 216 g/mol. The number of rotatable bonds is 6. The normalized spacial score (nSPS) is 10.4. The number of pyridine rings is 1. The minimum atomic E-state index is -0.0898. The highest BCUT2D eigenvalue weighted by Gasteiger charge is 2.08. The maximum absolute atomic E-state index is 11.8. The molecule has 0 aliphatic carbocycles. The first-order chi connectivity index (χ1) is 8.21. The van der Waals surface area contributed by atoms with Gasteiger partial charge in [-0.1, -0.05) is 26.7 Å². The van der Waals surface area contributed by atoms with Gasteiger partial charge in [-0.25, -0.2) is 10.8 Å². The van der Waals surface area contributed by atoms with E-state index in [4.69, 9.17) is 5.84 Å². The van der Waals surface area contributed by atoms with Crippen molar-refractivity contribution in [3.8, 4) is 0 Å². The molecule has 1 amide bonds.